The molecule has 1 N–H and O–H groups in total. The third-order valence-corrected chi connectivity index (χ3v) is 4.38. The van der Waals surface area contributed by atoms with Crippen LogP contribution in [0.2, 0.25) is 0 Å². The molecular formula is C20H24N2O. The molecule has 120 valence electrons. The van der Waals surface area contributed by atoms with Gasteiger partial charge in [-0.25, -0.2) is 0 Å². The van der Waals surface area contributed by atoms with E-state index in [1.165, 1.54) is 24.1 Å². The molecule has 0 aliphatic carbocycles. The maximum atomic E-state index is 12.0. The maximum absolute atomic E-state index is 12.0. The Balaban J connectivity index is 1.49. The van der Waals surface area contributed by atoms with Gasteiger partial charge < -0.3 is 10.2 Å². The topological polar surface area (TPSA) is 32.3 Å². The molecular weight excluding hydrogens is 284 g/mol. The third kappa shape index (κ3) is 4.35. The van der Waals surface area contributed by atoms with Gasteiger partial charge in [-0.15, -0.1) is 0 Å². The van der Waals surface area contributed by atoms with E-state index in [-0.39, 0.29) is 5.91 Å². The lowest BCUT2D eigenvalue weighted by Gasteiger charge is -2.17. The zero-order valence-electron chi connectivity index (χ0n) is 13.7. The van der Waals surface area contributed by atoms with Crippen molar-refractivity contribution in [1.29, 1.82) is 0 Å². The van der Waals surface area contributed by atoms with Gasteiger partial charge in [-0.05, 0) is 43.0 Å². The van der Waals surface area contributed by atoms with Gasteiger partial charge in [0.1, 0.15) is 0 Å². The molecule has 2 aromatic rings. The molecule has 3 rings (SSSR count). The van der Waals surface area contributed by atoms with Gasteiger partial charge in [-0.2, -0.15) is 0 Å². The zero-order valence-corrected chi connectivity index (χ0v) is 13.7. The molecule has 3 heteroatoms. The van der Waals surface area contributed by atoms with Crippen molar-refractivity contribution in [3.63, 3.8) is 0 Å². The molecule has 1 aliphatic rings. The second-order valence-electron chi connectivity index (χ2n) is 6.30. The number of carbonyl (C=O) groups excluding carboxylic acids is 1. The highest BCUT2D eigenvalue weighted by molar-refractivity contribution is 5.78. The van der Waals surface area contributed by atoms with Gasteiger partial charge in [-0.1, -0.05) is 42.0 Å². The van der Waals surface area contributed by atoms with Crippen molar-refractivity contribution in [3.8, 4) is 0 Å². The van der Waals surface area contributed by atoms with Crippen molar-refractivity contribution in [3.05, 3.63) is 65.2 Å². The molecule has 0 saturated carbocycles. The Kier molecular flexibility index (Phi) is 4.96. The van der Waals surface area contributed by atoms with Crippen LogP contribution in [-0.2, 0) is 17.8 Å². The molecule has 23 heavy (non-hydrogen) atoms. The molecule has 0 unspecified atom stereocenters. The number of benzene rings is 2. The molecule has 1 aliphatic heterocycles. The van der Waals surface area contributed by atoms with E-state index in [0.717, 1.165) is 24.2 Å². The van der Waals surface area contributed by atoms with E-state index in [0.29, 0.717) is 13.0 Å². The van der Waals surface area contributed by atoms with Crippen LogP contribution in [0.1, 0.15) is 29.5 Å². The number of amides is 1. The van der Waals surface area contributed by atoms with Crippen LogP contribution in [0.5, 0.6) is 0 Å². The van der Waals surface area contributed by atoms with Crippen LogP contribution in [0.4, 0.5) is 5.69 Å². The minimum Gasteiger partial charge on any atom is -0.372 e. The largest absolute Gasteiger partial charge is 0.372 e. The van der Waals surface area contributed by atoms with Crippen LogP contribution in [0.15, 0.2) is 48.5 Å². The smallest absolute Gasteiger partial charge is 0.224 e. The Morgan fingerprint density at radius 3 is 2.22 bits per heavy atom. The van der Waals surface area contributed by atoms with E-state index in [1.54, 1.807) is 0 Å². The standard InChI is InChI=1S/C20H24N2O/c1-16-4-6-17(7-5-16)14-20(23)21-15-18-8-10-19(11-9-18)22-12-2-3-13-22/h4-11H,2-3,12-15H2,1H3,(H,21,23). The van der Waals surface area contributed by atoms with E-state index in [4.69, 9.17) is 0 Å². The molecule has 1 amide bonds. The van der Waals surface area contributed by atoms with Crippen LogP contribution in [0.25, 0.3) is 0 Å². The lowest BCUT2D eigenvalue weighted by molar-refractivity contribution is -0.120. The summed E-state index contributed by atoms with van der Waals surface area (Å²) in [5.74, 6) is 0.0671. The maximum Gasteiger partial charge on any atom is 0.224 e. The van der Waals surface area contributed by atoms with Gasteiger partial charge in [-0.3, -0.25) is 4.79 Å². The monoisotopic (exact) mass is 308 g/mol. The minimum atomic E-state index is 0.0671. The molecule has 1 saturated heterocycles. The Labute approximate surface area is 138 Å². The number of rotatable bonds is 5. The predicted octanol–water partition coefficient (Wildman–Crippen LogP) is 3.45. The lowest BCUT2D eigenvalue weighted by atomic mass is 10.1. The minimum absolute atomic E-state index is 0.0671. The lowest BCUT2D eigenvalue weighted by Crippen LogP contribution is -2.24. The van der Waals surface area contributed by atoms with E-state index < -0.39 is 0 Å². The summed E-state index contributed by atoms with van der Waals surface area (Å²) < 4.78 is 0. The fourth-order valence-electron chi connectivity index (χ4n) is 2.95. The van der Waals surface area contributed by atoms with Gasteiger partial charge in [0, 0.05) is 25.3 Å². The average molecular weight is 308 g/mol. The van der Waals surface area contributed by atoms with Crippen molar-refractivity contribution >= 4 is 11.6 Å². The second kappa shape index (κ2) is 7.32. The number of carbonyl (C=O) groups is 1. The van der Waals surface area contributed by atoms with Crippen molar-refractivity contribution in [2.24, 2.45) is 0 Å². The number of anilines is 1. The van der Waals surface area contributed by atoms with E-state index >= 15 is 0 Å². The molecule has 3 nitrogen and oxygen atoms in total. The fraction of sp³-hybridized carbons (Fsp3) is 0.350. The Morgan fingerprint density at radius 1 is 0.957 bits per heavy atom. The van der Waals surface area contributed by atoms with Crippen molar-refractivity contribution in [2.45, 2.75) is 32.7 Å². The molecule has 1 fully saturated rings. The fourth-order valence-corrected chi connectivity index (χ4v) is 2.95. The molecule has 1 heterocycles. The number of hydrogen-bond acceptors (Lipinski definition) is 2. The Morgan fingerprint density at radius 2 is 1.57 bits per heavy atom. The number of hydrogen-bond donors (Lipinski definition) is 1. The van der Waals surface area contributed by atoms with Gasteiger partial charge in [0.15, 0.2) is 0 Å². The number of nitrogens with zero attached hydrogens (tertiary/aromatic N) is 1. The summed E-state index contributed by atoms with van der Waals surface area (Å²) in [4.78, 5) is 14.4. The summed E-state index contributed by atoms with van der Waals surface area (Å²) in [5, 5.41) is 3.00. The third-order valence-electron chi connectivity index (χ3n) is 4.38. The van der Waals surface area contributed by atoms with Crippen molar-refractivity contribution in [2.75, 3.05) is 18.0 Å². The molecule has 0 bridgehead atoms. The highest BCUT2D eigenvalue weighted by atomic mass is 16.1. The molecule has 0 radical (unpaired) electrons. The Bertz CT molecular complexity index is 640. The summed E-state index contributed by atoms with van der Waals surface area (Å²) in [5.41, 5.74) is 4.70. The van der Waals surface area contributed by atoms with Crippen molar-refractivity contribution in [1.82, 2.24) is 5.32 Å². The zero-order chi connectivity index (χ0) is 16.1. The van der Waals surface area contributed by atoms with Crippen LogP contribution >= 0.6 is 0 Å². The summed E-state index contributed by atoms with van der Waals surface area (Å²) in [6.45, 7) is 4.96. The van der Waals surface area contributed by atoms with Crippen LogP contribution in [0.3, 0.4) is 0 Å². The van der Waals surface area contributed by atoms with Crippen LogP contribution < -0.4 is 10.2 Å². The number of aryl methyl sites for hydroxylation is 1. The van der Waals surface area contributed by atoms with Gasteiger partial charge in [0.25, 0.3) is 0 Å². The van der Waals surface area contributed by atoms with E-state index in [1.807, 2.05) is 24.3 Å². The molecule has 2 aromatic carbocycles. The molecule has 0 spiro atoms. The van der Waals surface area contributed by atoms with Crippen LogP contribution in [-0.4, -0.2) is 19.0 Å². The first-order valence-corrected chi connectivity index (χ1v) is 8.37. The number of nitrogens with one attached hydrogen (secondary N) is 1. The highest BCUT2D eigenvalue weighted by Gasteiger charge is 2.11. The van der Waals surface area contributed by atoms with Gasteiger partial charge in [0.05, 0.1) is 6.42 Å². The SMILES string of the molecule is Cc1ccc(CC(=O)NCc2ccc(N3CCCC3)cc2)cc1. The summed E-state index contributed by atoms with van der Waals surface area (Å²) in [6.07, 6.45) is 3.01. The Hall–Kier alpha value is -2.29. The normalized spacial score (nSPS) is 14.0. The molecule has 0 atom stereocenters. The summed E-state index contributed by atoms with van der Waals surface area (Å²) >= 11 is 0. The summed E-state index contributed by atoms with van der Waals surface area (Å²) in [6, 6.07) is 16.7. The first-order valence-electron chi connectivity index (χ1n) is 8.37. The van der Waals surface area contributed by atoms with Gasteiger partial charge in [0.2, 0.25) is 5.91 Å². The predicted molar refractivity (Wildman–Crippen MR) is 94.6 cm³/mol. The highest BCUT2D eigenvalue weighted by Crippen LogP contribution is 2.20. The first-order chi connectivity index (χ1) is 11.2. The second-order valence-corrected chi connectivity index (χ2v) is 6.30. The first kappa shape index (κ1) is 15.6. The van der Waals surface area contributed by atoms with E-state index in [9.17, 15) is 4.79 Å². The van der Waals surface area contributed by atoms with Crippen LogP contribution in [0, 0.1) is 6.92 Å². The van der Waals surface area contributed by atoms with Crippen molar-refractivity contribution < 1.29 is 4.79 Å². The average Bonchev–Trinajstić information content (AvgIpc) is 3.10. The molecule has 0 aromatic heterocycles. The summed E-state index contributed by atoms with van der Waals surface area (Å²) in [7, 11) is 0. The quantitative estimate of drug-likeness (QED) is 0.917. The van der Waals surface area contributed by atoms with Gasteiger partial charge >= 0.3 is 0 Å². The van der Waals surface area contributed by atoms with E-state index in [2.05, 4.69) is 41.4 Å².